The van der Waals surface area contributed by atoms with E-state index < -0.39 is 21.6 Å². The van der Waals surface area contributed by atoms with Crippen LogP contribution in [0, 0.1) is 0 Å². The summed E-state index contributed by atoms with van der Waals surface area (Å²) >= 11 is 0. The Kier molecular flexibility index (Phi) is 6.97. The van der Waals surface area contributed by atoms with Gasteiger partial charge in [-0.2, -0.15) is 0 Å². The van der Waals surface area contributed by atoms with Gasteiger partial charge in [-0.15, -0.1) is 0 Å². The van der Waals surface area contributed by atoms with Crippen LogP contribution in [0.1, 0.15) is 44.2 Å². The van der Waals surface area contributed by atoms with Crippen LogP contribution in [-0.4, -0.2) is 67.6 Å². The topological polar surface area (TPSA) is 129 Å². The third kappa shape index (κ3) is 5.53. The van der Waals surface area contributed by atoms with Crippen LogP contribution < -0.4 is 15.4 Å². The molecule has 1 saturated heterocycles. The second kappa shape index (κ2) is 9.98. The fourth-order valence-electron chi connectivity index (χ4n) is 6.06. The van der Waals surface area contributed by atoms with E-state index in [9.17, 15) is 18.0 Å². The van der Waals surface area contributed by atoms with Gasteiger partial charge in [0.2, 0.25) is 21.8 Å². The van der Waals surface area contributed by atoms with Gasteiger partial charge >= 0.3 is 0 Å². The first-order valence-electron chi connectivity index (χ1n) is 13.4. The van der Waals surface area contributed by atoms with Crippen LogP contribution in [-0.2, 0) is 31.4 Å². The van der Waals surface area contributed by atoms with Crippen molar-refractivity contribution < 1.29 is 18.0 Å². The number of carbonyl (C=O) groups excluding carboxylic acids is 2. The van der Waals surface area contributed by atoms with Crippen molar-refractivity contribution in [2.75, 3.05) is 30.2 Å². The Hall–Kier alpha value is -3.37. The lowest BCUT2D eigenvalue weighted by Gasteiger charge is -2.41. The van der Waals surface area contributed by atoms with Crippen molar-refractivity contribution in [1.29, 1.82) is 0 Å². The third-order valence-corrected chi connectivity index (χ3v) is 9.10. The molecular formula is C29H37N5O4S. The van der Waals surface area contributed by atoms with Gasteiger partial charge in [0, 0.05) is 60.5 Å². The number of fused-ring (bicyclic) bond motifs is 3. The second-order valence-electron chi connectivity index (χ2n) is 11.7. The first-order valence-corrected chi connectivity index (χ1v) is 15.2. The second-order valence-corrected chi connectivity index (χ2v) is 13.6. The molecule has 2 aliphatic rings. The highest BCUT2D eigenvalue weighted by atomic mass is 32.2. The van der Waals surface area contributed by atoms with Crippen molar-refractivity contribution in [3.8, 4) is 0 Å². The van der Waals surface area contributed by atoms with Crippen LogP contribution in [0.3, 0.4) is 0 Å². The number of nitrogens with zero attached hydrogens (tertiary/aromatic N) is 2. The average Bonchev–Trinajstić information content (AvgIpc) is 3.42. The Labute approximate surface area is 229 Å². The number of amides is 2. The summed E-state index contributed by atoms with van der Waals surface area (Å²) in [4.78, 5) is 31.8. The number of rotatable bonds is 7. The van der Waals surface area contributed by atoms with Crippen LogP contribution in [0.15, 0.2) is 54.7 Å². The number of sulfonamides is 1. The van der Waals surface area contributed by atoms with Crippen LogP contribution in [0.4, 0.5) is 5.69 Å². The summed E-state index contributed by atoms with van der Waals surface area (Å²) < 4.78 is 26.6. The van der Waals surface area contributed by atoms with Gasteiger partial charge in [0.25, 0.3) is 0 Å². The number of H-pyrrole nitrogens is 1. The number of hydrogen-bond donors (Lipinski definition) is 3. The van der Waals surface area contributed by atoms with Gasteiger partial charge in [0.1, 0.15) is 6.04 Å². The molecule has 2 amide bonds. The van der Waals surface area contributed by atoms with Gasteiger partial charge in [0.15, 0.2) is 0 Å². The number of aromatic nitrogens is 1. The van der Waals surface area contributed by atoms with Crippen molar-refractivity contribution in [2.24, 2.45) is 5.73 Å². The van der Waals surface area contributed by atoms with E-state index in [0.29, 0.717) is 38.9 Å². The summed E-state index contributed by atoms with van der Waals surface area (Å²) in [6.07, 6.45) is 4.88. The summed E-state index contributed by atoms with van der Waals surface area (Å²) in [5.74, 6) is -0.396. The molecule has 0 bridgehead atoms. The maximum absolute atomic E-state index is 13.9. The van der Waals surface area contributed by atoms with Crippen molar-refractivity contribution in [2.45, 2.75) is 56.5 Å². The fraction of sp³-hybridized carbons (Fsp3) is 0.448. The summed E-state index contributed by atoms with van der Waals surface area (Å²) in [5.41, 5.74) is 8.73. The minimum Gasteiger partial charge on any atom is -0.361 e. The standard InChI is InChI=1S/C29H37N5O4S/c1-28(2,30)17-26(35)32-24(16-20-18-31-23-10-6-4-8-21(20)23)27(36)33-14-12-29(13-15-33)19-34(39(3,37)38)25-11-7-5-9-22(25)29/h4-11,18,24,31H,12-17,19,30H2,1-3H3,(H,32,35). The Morgan fingerprint density at radius 3 is 2.46 bits per heavy atom. The number of hydrogen-bond acceptors (Lipinski definition) is 5. The van der Waals surface area contributed by atoms with Crippen LogP contribution >= 0.6 is 0 Å². The summed E-state index contributed by atoms with van der Waals surface area (Å²) in [7, 11) is -3.42. The first kappa shape index (κ1) is 27.2. The molecular weight excluding hydrogens is 514 g/mol. The van der Waals surface area contributed by atoms with Gasteiger partial charge in [-0.25, -0.2) is 8.42 Å². The summed E-state index contributed by atoms with van der Waals surface area (Å²) in [6.45, 7) is 4.91. The maximum Gasteiger partial charge on any atom is 0.245 e. The number of benzene rings is 2. The molecule has 3 aromatic rings. The molecule has 2 aliphatic heterocycles. The highest BCUT2D eigenvalue weighted by Crippen LogP contribution is 2.47. The Morgan fingerprint density at radius 2 is 1.77 bits per heavy atom. The smallest absolute Gasteiger partial charge is 0.245 e. The van der Waals surface area contributed by atoms with Crippen LogP contribution in [0.2, 0.25) is 0 Å². The van der Waals surface area contributed by atoms with E-state index >= 15 is 0 Å². The first-order chi connectivity index (χ1) is 18.4. The van der Waals surface area contributed by atoms with E-state index in [1.807, 2.05) is 59.6 Å². The lowest BCUT2D eigenvalue weighted by Crippen LogP contribution is -2.55. The van der Waals surface area contributed by atoms with Crippen molar-refractivity contribution in [1.82, 2.24) is 15.2 Å². The van der Waals surface area contributed by atoms with Gasteiger partial charge in [-0.3, -0.25) is 13.9 Å². The molecule has 3 heterocycles. The fourth-order valence-corrected chi connectivity index (χ4v) is 7.06. The monoisotopic (exact) mass is 551 g/mol. The molecule has 208 valence electrons. The molecule has 10 heteroatoms. The quantitative estimate of drug-likeness (QED) is 0.416. The zero-order valence-corrected chi connectivity index (χ0v) is 23.6. The van der Waals surface area contributed by atoms with E-state index in [4.69, 9.17) is 5.73 Å². The SMILES string of the molecule is CC(C)(N)CC(=O)NC(Cc1c[nH]c2ccccc12)C(=O)N1CCC2(CC1)CN(S(C)(=O)=O)c1ccccc12. The molecule has 1 atom stereocenters. The highest BCUT2D eigenvalue weighted by molar-refractivity contribution is 7.92. The summed E-state index contributed by atoms with van der Waals surface area (Å²) in [5, 5.41) is 3.98. The minimum atomic E-state index is -3.42. The summed E-state index contributed by atoms with van der Waals surface area (Å²) in [6, 6.07) is 14.8. The van der Waals surface area contributed by atoms with Gasteiger partial charge < -0.3 is 20.9 Å². The molecule has 0 aliphatic carbocycles. The number of anilines is 1. The third-order valence-electron chi connectivity index (χ3n) is 7.97. The van der Waals surface area contributed by atoms with Gasteiger partial charge in [-0.1, -0.05) is 36.4 Å². The normalized spacial score (nSPS) is 17.8. The van der Waals surface area contributed by atoms with Crippen molar-refractivity contribution in [3.63, 3.8) is 0 Å². The Balaban J connectivity index is 1.36. The van der Waals surface area contributed by atoms with E-state index in [-0.39, 0.29) is 23.7 Å². The Morgan fingerprint density at radius 1 is 1.10 bits per heavy atom. The lowest BCUT2D eigenvalue weighted by molar-refractivity contribution is -0.138. The molecule has 1 spiro atoms. The van der Waals surface area contributed by atoms with E-state index in [1.54, 1.807) is 13.8 Å². The predicted octanol–water partition coefficient (Wildman–Crippen LogP) is 2.66. The number of nitrogens with two attached hydrogens (primary N) is 1. The lowest BCUT2D eigenvalue weighted by atomic mass is 9.74. The molecule has 1 unspecified atom stereocenters. The number of para-hydroxylation sites is 2. The molecule has 4 N–H and O–H groups in total. The molecule has 2 aromatic carbocycles. The minimum absolute atomic E-state index is 0.103. The van der Waals surface area contributed by atoms with Gasteiger partial charge in [-0.05, 0) is 49.9 Å². The Bertz CT molecular complexity index is 1500. The number of piperidine rings is 1. The molecule has 0 saturated carbocycles. The number of carbonyl (C=O) groups is 2. The number of aromatic amines is 1. The predicted molar refractivity (Wildman–Crippen MR) is 153 cm³/mol. The zero-order chi connectivity index (χ0) is 28.0. The maximum atomic E-state index is 13.9. The molecule has 1 fully saturated rings. The van der Waals surface area contributed by atoms with Gasteiger partial charge in [0.05, 0.1) is 11.9 Å². The molecule has 39 heavy (non-hydrogen) atoms. The van der Waals surface area contributed by atoms with E-state index in [1.165, 1.54) is 10.6 Å². The van der Waals surface area contributed by atoms with Crippen molar-refractivity contribution >= 4 is 38.4 Å². The van der Waals surface area contributed by atoms with Crippen LogP contribution in [0.5, 0.6) is 0 Å². The van der Waals surface area contributed by atoms with E-state index in [2.05, 4.69) is 10.3 Å². The highest BCUT2D eigenvalue weighted by Gasteiger charge is 2.47. The van der Waals surface area contributed by atoms with Crippen molar-refractivity contribution in [3.05, 3.63) is 65.9 Å². The number of nitrogens with one attached hydrogen (secondary N) is 2. The zero-order valence-electron chi connectivity index (χ0n) is 22.7. The largest absolute Gasteiger partial charge is 0.361 e. The van der Waals surface area contributed by atoms with E-state index in [0.717, 1.165) is 27.7 Å². The molecule has 9 nitrogen and oxygen atoms in total. The molecule has 1 aromatic heterocycles. The number of likely N-dealkylation sites (tertiary alicyclic amines) is 1. The molecule has 5 rings (SSSR count). The average molecular weight is 552 g/mol. The van der Waals surface area contributed by atoms with Crippen LogP contribution in [0.25, 0.3) is 10.9 Å². The molecule has 0 radical (unpaired) electrons.